The highest BCUT2D eigenvalue weighted by molar-refractivity contribution is 5.65. The maximum atomic E-state index is 9.01. The van der Waals surface area contributed by atoms with E-state index in [9.17, 15) is 0 Å². The third-order valence-electron chi connectivity index (χ3n) is 1.71. The topological polar surface area (TPSA) is 102 Å². The lowest BCUT2D eigenvalue weighted by Gasteiger charge is -2.10. The highest BCUT2D eigenvalue weighted by Gasteiger charge is 2.03. The van der Waals surface area contributed by atoms with Crippen molar-refractivity contribution in [1.82, 2.24) is 0 Å². The molecule has 1 atom stereocenters. The van der Waals surface area contributed by atoms with Gasteiger partial charge in [0.25, 0.3) is 0 Å². The van der Waals surface area contributed by atoms with Crippen LogP contribution in [0.3, 0.4) is 0 Å². The van der Waals surface area contributed by atoms with Gasteiger partial charge in [0.05, 0.1) is 18.0 Å². The first-order valence-corrected chi connectivity index (χ1v) is 4.20. The predicted octanol–water partition coefficient (Wildman–Crippen LogP) is -0.417. The summed E-state index contributed by atoms with van der Waals surface area (Å²) in [6, 6.07) is 4.84. The van der Waals surface area contributed by atoms with Crippen molar-refractivity contribution in [3.05, 3.63) is 18.2 Å². The monoisotopic (exact) mass is 198 g/mol. The van der Waals surface area contributed by atoms with Gasteiger partial charge in [0.2, 0.25) is 0 Å². The van der Waals surface area contributed by atoms with Crippen LogP contribution < -0.4 is 16.2 Å². The van der Waals surface area contributed by atoms with Gasteiger partial charge in [0.1, 0.15) is 18.5 Å². The van der Waals surface area contributed by atoms with E-state index < -0.39 is 6.10 Å². The third kappa shape index (κ3) is 2.79. The van der Waals surface area contributed by atoms with Crippen LogP contribution in [0, 0.1) is 0 Å². The maximum absolute atomic E-state index is 9.01. The molecule has 0 saturated carbocycles. The maximum Gasteiger partial charge on any atom is 0.121 e. The van der Waals surface area contributed by atoms with E-state index in [2.05, 4.69) is 0 Å². The summed E-state index contributed by atoms with van der Waals surface area (Å²) in [7, 11) is 0. The molecule has 1 aromatic rings. The second kappa shape index (κ2) is 4.69. The number of rotatable bonds is 4. The molecule has 0 heterocycles. The Morgan fingerprint density at radius 2 is 2.00 bits per heavy atom. The summed E-state index contributed by atoms with van der Waals surface area (Å²) in [5.41, 5.74) is 12.0. The molecule has 0 saturated heterocycles. The minimum absolute atomic E-state index is 0.0276. The average molecular weight is 198 g/mol. The molecule has 0 spiro atoms. The number of ether oxygens (including phenoxy) is 1. The lowest BCUT2D eigenvalue weighted by atomic mass is 10.2. The molecule has 5 nitrogen and oxygen atoms in total. The molecule has 0 fully saturated rings. The minimum Gasteiger partial charge on any atom is -0.491 e. The predicted molar refractivity (Wildman–Crippen MR) is 53.9 cm³/mol. The van der Waals surface area contributed by atoms with E-state index in [4.69, 9.17) is 26.4 Å². The second-order valence-corrected chi connectivity index (χ2v) is 2.94. The summed E-state index contributed by atoms with van der Waals surface area (Å²) in [4.78, 5) is 0. The average Bonchev–Trinajstić information content (AvgIpc) is 2.19. The number of aliphatic hydroxyl groups excluding tert-OH is 2. The van der Waals surface area contributed by atoms with Crippen molar-refractivity contribution in [2.75, 3.05) is 24.7 Å². The summed E-state index contributed by atoms with van der Waals surface area (Å²) in [5, 5.41) is 17.5. The van der Waals surface area contributed by atoms with Crippen LogP contribution in [0.2, 0.25) is 0 Å². The van der Waals surface area contributed by atoms with E-state index in [0.29, 0.717) is 17.1 Å². The molecule has 78 valence electrons. The molecule has 5 heteroatoms. The zero-order valence-corrected chi connectivity index (χ0v) is 7.68. The van der Waals surface area contributed by atoms with Crippen molar-refractivity contribution in [2.45, 2.75) is 6.10 Å². The van der Waals surface area contributed by atoms with Gasteiger partial charge in [-0.2, -0.15) is 0 Å². The van der Waals surface area contributed by atoms with Gasteiger partial charge < -0.3 is 26.4 Å². The smallest absolute Gasteiger partial charge is 0.121 e. The number of hydrogen-bond donors (Lipinski definition) is 4. The first-order chi connectivity index (χ1) is 6.63. The molecule has 6 N–H and O–H groups in total. The highest BCUT2D eigenvalue weighted by Crippen LogP contribution is 2.21. The van der Waals surface area contributed by atoms with Crippen LogP contribution in [-0.4, -0.2) is 29.5 Å². The second-order valence-electron chi connectivity index (χ2n) is 2.94. The van der Waals surface area contributed by atoms with Crippen molar-refractivity contribution < 1.29 is 14.9 Å². The van der Waals surface area contributed by atoms with Crippen LogP contribution in [0.4, 0.5) is 11.4 Å². The molecule has 0 bridgehead atoms. The van der Waals surface area contributed by atoms with E-state index in [1.807, 2.05) is 0 Å². The Hall–Kier alpha value is -1.46. The molecule has 0 aliphatic heterocycles. The minimum atomic E-state index is -0.881. The molecule has 0 aliphatic carbocycles. The Bertz CT molecular complexity index is 304. The van der Waals surface area contributed by atoms with E-state index in [0.717, 1.165) is 0 Å². The van der Waals surface area contributed by atoms with Gasteiger partial charge in [-0.3, -0.25) is 0 Å². The van der Waals surface area contributed by atoms with Gasteiger partial charge in [-0.05, 0) is 12.1 Å². The molecule has 0 amide bonds. The molecule has 14 heavy (non-hydrogen) atoms. The molecular weight excluding hydrogens is 184 g/mol. The normalized spacial score (nSPS) is 12.4. The van der Waals surface area contributed by atoms with Crippen LogP contribution in [-0.2, 0) is 0 Å². The van der Waals surface area contributed by atoms with E-state index >= 15 is 0 Å². The number of anilines is 2. The molecule has 0 aromatic heterocycles. The summed E-state index contributed by atoms with van der Waals surface area (Å²) in [6.45, 7) is -0.301. The Morgan fingerprint density at radius 1 is 1.29 bits per heavy atom. The Balaban J connectivity index is 2.55. The zero-order chi connectivity index (χ0) is 10.6. The van der Waals surface area contributed by atoms with Crippen LogP contribution >= 0.6 is 0 Å². The summed E-state index contributed by atoms with van der Waals surface area (Å²) in [5.74, 6) is 0.518. The van der Waals surface area contributed by atoms with Gasteiger partial charge in [-0.15, -0.1) is 0 Å². The molecule has 1 aromatic carbocycles. The number of benzene rings is 1. The number of nitrogen functional groups attached to an aromatic ring is 2. The van der Waals surface area contributed by atoms with Crippen LogP contribution in [0.25, 0.3) is 0 Å². The van der Waals surface area contributed by atoms with Crippen molar-refractivity contribution in [1.29, 1.82) is 0 Å². The lowest BCUT2D eigenvalue weighted by Crippen LogP contribution is -2.21. The van der Waals surface area contributed by atoms with Crippen LogP contribution in [0.1, 0.15) is 0 Å². The number of hydrogen-bond acceptors (Lipinski definition) is 5. The molecule has 1 unspecified atom stereocenters. The largest absolute Gasteiger partial charge is 0.491 e. The Kier molecular flexibility index (Phi) is 3.55. The van der Waals surface area contributed by atoms with Crippen LogP contribution in [0.5, 0.6) is 5.75 Å². The van der Waals surface area contributed by atoms with Gasteiger partial charge in [-0.25, -0.2) is 0 Å². The quantitative estimate of drug-likeness (QED) is 0.492. The molecule has 0 radical (unpaired) electrons. The SMILES string of the molecule is Nc1ccc(OCC(O)CO)cc1N. The Labute approximate surface area is 81.9 Å². The van der Waals surface area contributed by atoms with E-state index in [1.165, 1.54) is 0 Å². The van der Waals surface area contributed by atoms with Crippen molar-refractivity contribution >= 4 is 11.4 Å². The van der Waals surface area contributed by atoms with E-state index in [-0.39, 0.29) is 13.2 Å². The van der Waals surface area contributed by atoms with E-state index in [1.54, 1.807) is 18.2 Å². The summed E-state index contributed by atoms with van der Waals surface area (Å²) in [6.07, 6.45) is -0.881. The molecule has 1 rings (SSSR count). The zero-order valence-electron chi connectivity index (χ0n) is 7.68. The Morgan fingerprint density at radius 3 is 2.57 bits per heavy atom. The van der Waals surface area contributed by atoms with Crippen molar-refractivity contribution in [3.8, 4) is 5.75 Å². The van der Waals surface area contributed by atoms with Crippen molar-refractivity contribution in [2.24, 2.45) is 0 Å². The fourth-order valence-corrected chi connectivity index (χ4v) is 0.888. The number of nitrogens with two attached hydrogens (primary N) is 2. The van der Waals surface area contributed by atoms with Crippen molar-refractivity contribution in [3.63, 3.8) is 0 Å². The lowest BCUT2D eigenvalue weighted by molar-refractivity contribution is 0.0536. The number of aliphatic hydroxyl groups is 2. The standard InChI is InChI=1S/C9H14N2O3/c10-8-2-1-7(3-9(8)11)14-5-6(13)4-12/h1-3,6,12-13H,4-5,10-11H2. The van der Waals surface area contributed by atoms with Gasteiger partial charge in [-0.1, -0.05) is 0 Å². The molecule has 0 aliphatic rings. The molecular formula is C9H14N2O3. The van der Waals surface area contributed by atoms with Gasteiger partial charge >= 0.3 is 0 Å². The highest BCUT2D eigenvalue weighted by atomic mass is 16.5. The fourth-order valence-electron chi connectivity index (χ4n) is 0.888. The summed E-state index contributed by atoms with van der Waals surface area (Å²) < 4.78 is 5.15. The first kappa shape index (κ1) is 10.6. The summed E-state index contributed by atoms with van der Waals surface area (Å²) >= 11 is 0. The van der Waals surface area contributed by atoms with Gasteiger partial charge in [0, 0.05) is 6.07 Å². The van der Waals surface area contributed by atoms with Gasteiger partial charge in [0.15, 0.2) is 0 Å². The van der Waals surface area contributed by atoms with Crippen LogP contribution in [0.15, 0.2) is 18.2 Å². The fraction of sp³-hybridized carbons (Fsp3) is 0.333. The third-order valence-corrected chi connectivity index (χ3v) is 1.71. The first-order valence-electron chi connectivity index (χ1n) is 4.20.